The number of rotatable bonds is 4. The van der Waals surface area contributed by atoms with Crippen LogP contribution >= 0.6 is 0 Å². The smallest absolute Gasteiger partial charge is 0.287 e. The van der Waals surface area contributed by atoms with Crippen LogP contribution in [-0.4, -0.2) is 20.7 Å². The Morgan fingerprint density at radius 2 is 2.37 bits per heavy atom. The molecule has 0 atom stereocenters. The fraction of sp³-hybridized carbons (Fsp3) is 0.462. The third kappa shape index (κ3) is 2.25. The number of aryl methyl sites for hydroxylation is 2. The topological polar surface area (TPSA) is 73.0 Å². The van der Waals surface area contributed by atoms with Crippen LogP contribution in [0.2, 0.25) is 0 Å². The van der Waals surface area contributed by atoms with Crippen molar-refractivity contribution in [3.63, 3.8) is 0 Å². The van der Waals surface area contributed by atoms with E-state index in [1.54, 1.807) is 6.07 Å². The van der Waals surface area contributed by atoms with Crippen LogP contribution in [0.5, 0.6) is 0 Å². The molecule has 3 heterocycles. The van der Waals surface area contributed by atoms with Crippen LogP contribution in [-0.2, 0) is 25.9 Å². The minimum absolute atomic E-state index is 0.213. The standard InChI is InChI=1S/C13H16N4O2/c1-2-9-5-6-10(19-9)13(18)14-8-12-16-15-11-4-3-7-17(11)12/h5-6H,2-4,7-8H2,1H3,(H,14,18). The highest BCUT2D eigenvalue weighted by Crippen LogP contribution is 2.14. The summed E-state index contributed by atoms with van der Waals surface area (Å²) in [6.45, 7) is 3.31. The van der Waals surface area contributed by atoms with E-state index in [1.807, 2.05) is 13.0 Å². The number of fused-ring (bicyclic) bond motifs is 1. The molecular weight excluding hydrogens is 244 g/mol. The molecule has 0 fully saturated rings. The molecule has 1 N–H and O–H groups in total. The minimum atomic E-state index is -0.213. The number of hydrogen-bond donors (Lipinski definition) is 1. The zero-order chi connectivity index (χ0) is 13.2. The van der Waals surface area contributed by atoms with Gasteiger partial charge in [-0.1, -0.05) is 6.92 Å². The van der Waals surface area contributed by atoms with Crippen molar-refractivity contribution in [1.82, 2.24) is 20.1 Å². The van der Waals surface area contributed by atoms with Gasteiger partial charge in [-0.3, -0.25) is 4.79 Å². The monoisotopic (exact) mass is 260 g/mol. The van der Waals surface area contributed by atoms with Crippen molar-refractivity contribution < 1.29 is 9.21 Å². The fourth-order valence-corrected chi connectivity index (χ4v) is 2.28. The van der Waals surface area contributed by atoms with E-state index >= 15 is 0 Å². The number of amides is 1. The van der Waals surface area contributed by atoms with Gasteiger partial charge in [0.15, 0.2) is 11.6 Å². The molecule has 0 aromatic carbocycles. The molecule has 19 heavy (non-hydrogen) atoms. The van der Waals surface area contributed by atoms with Crippen LogP contribution in [0, 0.1) is 0 Å². The molecule has 2 aromatic heterocycles. The van der Waals surface area contributed by atoms with Gasteiger partial charge in [-0.15, -0.1) is 10.2 Å². The summed E-state index contributed by atoms with van der Waals surface area (Å²) >= 11 is 0. The van der Waals surface area contributed by atoms with Gasteiger partial charge >= 0.3 is 0 Å². The second kappa shape index (κ2) is 4.87. The van der Waals surface area contributed by atoms with E-state index in [2.05, 4.69) is 20.1 Å². The lowest BCUT2D eigenvalue weighted by Gasteiger charge is -2.04. The van der Waals surface area contributed by atoms with Gasteiger partial charge in [0.25, 0.3) is 5.91 Å². The van der Waals surface area contributed by atoms with Crippen molar-refractivity contribution in [3.05, 3.63) is 35.3 Å². The maximum atomic E-state index is 11.9. The van der Waals surface area contributed by atoms with E-state index in [-0.39, 0.29) is 5.91 Å². The Bertz CT molecular complexity index is 600. The normalized spacial score (nSPS) is 13.5. The first-order valence-corrected chi connectivity index (χ1v) is 6.56. The van der Waals surface area contributed by atoms with Gasteiger partial charge in [0.2, 0.25) is 0 Å². The summed E-state index contributed by atoms with van der Waals surface area (Å²) in [4.78, 5) is 11.9. The van der Waals surface area contributed by atoms with Crippen molar-refractivity contribution >= 4 is 5.91 Å². The maximum absolute atomic E-state index is 11.9. The average Bonchev–Trinajstić information content (AvgIpc) is 3.12. The Hall–Kier alpha value is -2.11. The maximum Gasteiger partial charge on any atom is 0.287 e. The average molecular weight is 260 g/mol. The van der Waals surface area contributed by atoms with Gasteiger partial charge < -0.3 is 14.3 Å². The molecule has 0 aliphatic carbocycles. The first kappa shape index (κ1) is 12.0. The van der Waals surface area contributed by atoms with Gasteiger partial charge in [-0.2, -0.15) is 0 Å². The summed E-state index contributed by atoms with van der Waals surface area (Å²) in [7, 11) is 0. The van der Waals surface area contributed by atoms with E-state index in [9.17, 15) is 4.79 Å². The molecule has 1 aliphatic rings. The van der Waals surface area contributed by atoms with Crippen LogP contribution in [0.1, 0.15) is 41.3 Å². The molecule has 0 saturated carbocycles. The van der Waals surface area contributed by atoms with Gasteiger partial charge in [-0.25, -0.2) is 0 Å². The van der Waals surface area contributed by atoms with E-state index in [1.165, 1.54) is 0 Å². The van der Waals surface area contributed by atoms with Gasteiger partial charge in [0.05, 0.1) is 6.54 Å². The molecule has 3 rings (SSSR count). The lowest BCUT2D eigenvalue weighted by atomic mass is 10.3. The number of nitrogens with one attached hydrogen (secondary N) is 1. The molecule has 6 nitrogen and oxygen atoms in total. The fourth-order valence-electron chi connectivity index (χ4n) is 2.28. The van der Waals surface area contributed by atoms with Crippen LogP contribution in [0.15, 0.2) is 16.5 Å². The van der Waals surface area contributed by atoms with Crippen molar-refractivity contribution in [2.45, 2.75) is 39.3 Å². The second-order valence-corrected chi connectivity index (χ2v) is 4.59. The Kier molecular flexibility index (Phi) is 3.06. The van der Waals surface area contributed by atoms with Crippen LogP contribution in [0.4, 0.5) is 0 Å². The van der Waals surface area contributed by atoms with Crippen molar-refractivity contribution in [2.24, 2.45) is 0 Å². The highest BCUT2D eigenvalue weighted by Gasteiger charge is 2.18. The molecular formula is C13H16N4O2. The molecule has 1 aliphatic heterocycles. The van der Waals surface area contributed by atoms with Gasteiger partial charge in [-0.05, 0) is 18.6 Å². The van der Waals surface area contributed by atoms with E-state index in [0.717, 1.165) is 43.2 Å². The number of hydrogen-bond acceptors (Lipinski definition) is 4. The SMILES string of the molecule is CCc1ccc(C(=O)NCc2nnc3n2CCC3)o1. The lowest BCUT2D eigenvalue weighted by Crippen LogP contribution is -2.24. The summed E-state index contributed by atoms with van der Waals surface area (Å²) in [6.07, 6.45) is 2.85. The molecule has 0 unspecified atom stereocenters. The quantitative estimate of drug-likeness (QED) is 0.899. The molecule has 0 spiro atoms. The third-order valence-electron chi connectivity index (χ3n) is 3.33. The second-order valence-electron chi connectivity index (χ2n) is 4.59. The first-order chi connectivity index (χ1) is 9.28. The Morgan fingerprint density at radius 3 is 3.16 bits per heavy atom. The van der Waals surface area contributed by atoms with E-state index in [4.69, 9.17) is 4.42 Å². The first-order valence-electron chi connectivity index (χ1n) is 6.56. The summed E-state index contributed by atoms with van der Waals surface area (Å²) in [5.74, 6) is 2.76. The molecule has 100 valence electrons. The van der Waals surface area contributed by atoms with E-state index in [0.29, 0.717) is 12.3 Å². The number of carbonyl (C=O) groups excluding carboxylic acids is 1. The third-order valence-corrected chi connectivity index (χ3v) is 3.33. The minimum Gasteiger partial charge on any atom is -0.456 e. The molecule has 6 heteroatoms. The predicted octanol–water partition coefficient (Wildman–Crippen LogP) is 1.31. The number of carbonyl (C=O) groups is 1. The Morgan fingerprint density at radius 1 is 1.47 bits per heavy atom. The molecule has 0 saturated heterocycles. The van der Waals surface area contributed by atoms with E-state index < -0.39 is 0 Å². The zero-order valence-electron chi connectivity index (χ0n) is 10.8. The van der Waals surface area contributed by atoms with Crippen LogP contribution in [0.3, 0.4) is 0 Å². The molecule has 1 amide bonds. The summed E-state index contributed by atoms with van der Waals surface area (Å²) in [6, 6.07) is 3.52. The van der Waals surface area contributed by atoms with Crippen LogP contribution in [0.25, 0.3) is 0 Å². The highest BCUT2D eigenvalue weighted by atomic mass is 16.3. The molecule has 0 bridgehead atoms. The molecule has 0 radical (unpaired) electrons. The Labute approximate surface area is 110 Å². The highest BCUT2D eigenvalue weighted by molar-refractivity contribution is 5.91. The predicted molar refractivity (Wildman–Crippen MR) is 67.6 cm³/mol. The van der Waals surface area contributed by atoms with Crippen LogP contribution < -0.4 is 5.32 Å². The van der Waals surface area contributed by atoms with Crippen molar-refractivity contribution in [2.75, 3.05) is 0 Å². The van der Waals surface area contributed by atoms with Gasteiger partial charge in [0.1, 0.15) is 11.6 Å². The Balaban J connectivity index is 1.64. The lowest BCUT2D eigenvalue weighted by molar-refractivity contribution is 0.0920. The number of aromatic nitrogens is 3. The number of nitrogens with zero attached hydrogens (tertiary/aromatic N) is 3. The van der Waals surface area contributed by atoms with Crippen molar-refractivity contribution in [1.29, 1.82) is 0 Å². The molecule has 2 aromatic rings. The largest absolute Gasteiger partial charge is 0.456 e. The summed E-state index contributed by atoms with van der Waals surface area (Å²) < 4.78 is 7.47. The number of furan rings is 1. The van der Waals surface area contributed by atoms with Crippen molar-refractivity contribution in [3.8, 4) is 0 Å². The zero-order valence-corrected chi connectivity index (χ0v) is 10.8. The van der Waals surface area contributed by atoms with Gasteiger partial charge in [0, 0.05) is 19.4 Å². The summed E-state index contributed by atoms with van der Waals surface area (Å²) in [5, 5.41) is 11.0. The summed E-state index contributed by atoms with van der Waals surface area (Å²) in [5.41, 5.74) is 0.